The quantitative estimate of drug-likeness (QED) is 0.619. The topological polar surface area (TPSA) is 77.6 Å². The van der Waals surface area contributed by atoms with E-state index >= 15 is 0 Å². The minimum Gasteiger partial charge on any atom is -0.494 e. The molecule has 6 heteroatoms. The van der Waals surface area contributed by atoms with Gasteiger partial charge in [0.1, 0.15) is 5.69 Å². The lowest BCUT2D eigenvalue weighted by molar-refractivity contribution is 0.0318. The van der Waals surface area contributed by atoms with Gasteiger partial charge in [0.05, 0.1) is 12.7 Å². The maximum Gasteiger partial charge on any atom is 0.275 e. The van der Waals surface area contributed by atoms with E-state index in [0.717, 1.165) is 41.7 Å². The van der Waals surface area contributed by atoms with Crippen LogP contribution in [0.3, 0.4) is 0 Å². The zero-order valence-corrected chi connectivity index (χ0v) is 17.1. The number of aromatic nitrogens is 1. The van der Waals surface area contributed by atoms with Crippen molar-refractivity contribution in [2.24, 2.45) is 0 Å². The van der Waals surface area contributed by atoms with Crippen LogP contribution in [0.15, 0.2) is 42.5 Å². The van der Waals surface area contributed by atoms with Crippen LogP contribution in [0.25, 0.3) is 10.9 Å². The second-order valence-electron chi connectivity index (χ2n) is 8.25. The fraction of sp³-hybridized carbons (Fsp3) is 0.348. The van der Waals surface area contributed by atoms with Crippen molar-refractivity contribution >= 4 is 22.5 Å². The highest BCUT2D eigenvalue weighted by Gasteiger charge is 2.25. The number of hydrogen-bond donors (Lipinski definition) is 3. The normalized spacial score (nSPS) is 14.6. The Morgan fingerprint density at radius 3 is 2.79 bits per heavy atom. The van der Waals surface area contributed by atoms with Gasteiger partial charge in [0.2, 0.25) is 0 Å². The number of fused-ring (bicyclic) bond motifs is 2. The molecule has 2 heterocycles. The summed E-state index contributed by atoms with van der Waals surface area (Å²) in [6.45, 7) is 5.88. The lowest BCUT2D eigenvalue weighted by atomic mass is 9.96. The molecule has 0 aliphatic carbocycles. The summed E-state index contributed by atoms with van der Waals surface area (Å²) in [4.78, 5) is 18.5. The highest BCUT2D eigenvalue weighted by atomic mass is 16.5. The molecule has 0 saturated heterocycles. The first-order chi connectivity index (χ1) is 13.9. The van der Waals surface area contributed by atoms with Gasteiger partial charge in [-0.25, -0.2) is 0 Å². The lowest BCUT2D eigenvalue weighted by Gasteiger charge is -2.33. The van der Waals surface area contributed by atoms with Crippen molar-refractivity contribution in [1.82, 2.24) is 9.88 Å². The number of aliphatic hydroxyl groups is 1. The van der Waals surface area contributed by atoms with Gasteiger partial charge >= 0.3 is 0 Å². The molecule has 4 rings (SSSR count). The van der Waals surface area contributed by atoms with Gasteiger partial charge in [-0.3, -0.25) is 9.69 Å². The third kappa shape index (κ3) is 3.99. The predicted octanol–water partition coefficient (Wildman–Crippen LogP) is 3.56. The molecule has 3 N–H and O–H groups in total. The number of para-hydroxylation sites is 1. The molecular weight excluding hydrogens is 366 g/mol. The minimum absolute atomic E-state index is 0.217. The van der Waals surface area contributed by atoms with E-state index in [0.29, 0.717) is 18.0 Å². The number of nitrogens with zero attached hydrogens (tertiary/aromatic N) is 1. The number of ether oxygens (including phenoxy) is 1. The predicted molar refractivity (Wildman–Crippen MR) is 115 cm³/mol. The summed E-state index contributed by atoms with van der Waals surface area (Å²) in [5, 5.41) is 14.1. The van der Waals surface area contributed by atoms with Crippen molar-refractivity contribution in [3.8, 4) is 5.75 Å². The molecule has 2 aromatic carbocycles. The van der Waals surface area contributed by atoms with E-state index in [1.165, 1.54) is 5.56 Å². The van der Waals surface area contributed by atoms with Crippen LogP contribution in [0.5, 0.6) is 5.75 Å². The fourth-order valence-electron chi connectivity index (χ4n) is 4.14. The number of nitrogens with one attached hydrogen (secondary N) is 2. The fourth-order valence-corrected chi connectivity index (χ4v) is 4.14. The van der Waals surface area contributed by atoms with Gasteiger partial charge in [0.25, 0.3) is 5.91 Å². The molecule has 6 nitrogen and oxygen atoms in total. The molecule has 1 aliphatic rings. The zero-order valence-electron chi connectivity index (χ0n) is 17.1. The van der Waals surface area contributed by atoms with Crippen LogP contribution in [0, 0.1) is 0 Å². The first-order valence-electron chi connectivity index (χ1n) is 9.87. The van der Waals surface area contributed by atoms with Crippen molar-refractivity contribution in [1.29, 1.82) is 0 Å². The average molecular weight is 393 g/mol. The average Bonchev–Trinajstić information content (AvgIpc) is 3.05. The van der Waals surface area contributed by atoms with E-state index in [1.54, 1.807) is 7.11 Å². The zero-order chi connectivity index (χ0) is 20.6. The molecule has 0 bridgehead atoms. The molecule has 29 heavy (non-hydrogen) atoms. The van der Waals surface area contributed by atoms with Crippen LogP contribution >= 0.6 is 0 Å². The molecule has 1 amide bonds. The molecule has 0 fully saturated rings. The molecule has 0 atom stereocenters. The van der Waals surface area contributed by atoms with Crippen molar-refractivity contribution in [3.63, 3.8) is 0 Å². The van der Waals surface area contributed by atoms with Crippen LogP contribution in [-0.4, -0.2) is 46.7 Å². The lowest BCUT2D eigenvalue weighted by Crippen LogP contribution is -2.41. The van der Waals surface area contributed by atoms with Gasteiger partial charge in [-0.1, -0.05) is 24.3 Å². The van der Waals surface area contributed by atoms with Gasteiger partial charge in [-0.2, -0.15) is 0 Å². The Morgan fingerprint density at radius 1 is 1.24 bits per heavy atom. The molecule has 1 aliphatic heterocycles. The van der Waals surface area contributed by atoms with Crippen molar-refractivity contribution < 1.29 is 14.6 Å². The monoisotopic (exact) mass is 393 g/mol. The standard InChI is InChI=1S/C23H27N3O3/c1-23(2,28)14-26-12-11-16-15(13-26)7-6-10-18(16)25-22(27)20-21(29-3)17-8-4-5-9-19(17)24-20/h4-10,24,28H,11-14H2,1-3H3,(H,25,27). The molecule has 1 aromatic heterocycles. The number of H-pyrrole nitrogens is 1. The minimum atomic E-state index is -0.727. The molecule has 152 valence electrons. The Labute approximate surface area is 170 Å². The highest BCUT2D eigenvalue weighted by Crippen LogP contribution is 2.32. The van der Waals surface area contributed by atoms with Gasteiger partial charge < -0.3 is 20.1 Å². The van der Waals surface area contributed by atoms with Gasteiger partial charge in [-0.05, 0) is 49.6 Å². The van der Waals surface area contributed by atoms with E-state index in [9.17, 15) is 9.90 Å². The van der Waals surface area contributed by atoms with E-state index in [1.807, 2.05) is 50.2 Å². The molecule has 0 saturated carbocycles. The van der Waals surface area contributed by atoms with Crippen LogP contribution in [0.2, 0.25) is 0 Å². The maximum absolute atomic E-state index is 13.0. The Morgan fingerprint density at radius 2 is 2.03 bits per heavy atom. The van der Waals surface area contributed by atoms with Crippen molar-refractivity contribution in [2.75, 3.05) is 25.5 Å². The number of carbonyl (C=O) groups excluding carboxylic acids is 1. The Bertz CT molecular complexity index is 1050. The number of β-amino-alcohol motifs (C(OH)–C–C–N with tert-alkyl or cyclic N) is 1. The van der Waals surface area contributed by atoms with E-state index in [2.05, 4.69) is 21.3 Å². The highest BCUT2D eigenvalue weighted by molar-refractivity contribution is 6.10. The maximum atomic E-state index is 13.0. The number of aromatic amines is 1. The Kier molecular flexibility index (Phi) is 5.06. The second-order valence-corrected chi connectivity index (χ2v) is 8.25. The number of carbonyl (C=O) groups is 1. The molecule has 0 radical (unpaired) electrons. The second kappa shape index (κ2) is 7.54. The first kappa shape index (κ1) is 19.5. The van der Waals surface area contributed by atoms with Crippen LogP contribution in [-0.2, 0) is 13.0 Å². The summed E-state index contributed by atoms with van der Waals surface area (Å²) in [5.74, 6) is 0.338. The summed E-state index contributed by atoms with van der Waals surface area (Å²) < 4.78 is 5.51. The summed E-state index contributed by atoms with van der Waals surface area (Å²) >= 11 is 0. The molecule has 3 aromatic rings. The first-order valence-corrected chi connectivity index (χ1v) is 9.87. The Hall–Kier alpha value is -2.83. The summed E-state index contributed by atoms with van der Waals surface area (Å²) in [6.07, 6.45) is 0.825. The van der Waals surface area contributed by atoms with E-state index in [-0.39, 0.29) is 5.91 Å². The number of methoxy groups -OCH3 is 1. The Balaban J connectivity index is 1.59. The summed E-state index contributed by atoms with van der Waals surface area (Å²) in [7, 11) is 1.58. The SMILES string of the molecule is COc1c(C(=O)Nc2cccc3c2CCN(CC(C)(C)O)C3)[nH]c2ccccc12. The number of hydrogen-bond acceptors (Lipinski definition) is 4. The van der Waals surface area contributed by atoms with Gasteiger partial charge in [0, 0.05) is 36.2 Å². The number of anilines is 1. The van der Waals surface area contributed by atoms with Gasteiger partial charge in [0.15, 0.2) is 5.75 Å². The van der Waals surface area contributed by atoms with Crippen molar-refractivity contribution in [3.05, 3.63) is 59.3 Å². The van der Waals surface area contributed by atoms with Crippen LogP contribution in [0.1, 0.15) is 35.5 Å². The van der Waals surface area contributed by atoms with Crippen molar-refractivity contribution in [2.45, 2.75) is 32.4 Å². The smallest absolute Gasteiger partial charge is 0.275 e. The van der Waals surface area contributed by atoms with E-state index < -0.39 is 5.60 Å². The third-order valence-electron chi connectivity index (χ3n) is 5.29. The van der Waals surface area contributed by atoms with E-state index in [4.69, 9.17) is 4.74 Å². The molecule has 0 unspecified atom stereocenters. The number of rotatable bonds is 5. The summed E-state index contributed by atoms with van der Waals surface area (Å²) in [5.41, 5.74) is 3.73. The third-order valence-corrected chi connectivity index (χ3v) is 5.29. The number of amides is 1. The molecule has 0 spiro atoms. The largest absolute Gasteiger partial charge is 0.494 e. The van der Waals surface area contributed by atoms with Crippen LogP contribution in [0.4, 0.5) is 5.69 Å². The number of benzene rings is 2. The van der Waals surface area contributed by atoms with Crippen LogP contribution < -0.4 is 10.1 Å². The summed E-state index contributed by atoms with van der Waals surface area (Å²) in [6, 6.07) is 13.7. The van der Waals surface area contributed by atoms with Gasteiger partial charge in [-0.15, -0.1) is 0 Å². The molecular formula is C23H27N3O3.